The van der Waals surface area contributed by atoms with Crippen molar-refractivity contribution in [1.82, 2.24) is 20.3 Å². The smallest absolute Gasteiger partial charge is 0.0842 e. The van der Waals surface area contributed by atoms with Gasteiger partial charge >= 0.3 is 0 Å². The number of hydrogen-bond donors (Lipinski definition) is 1. The molecular weight excluding hydrogens is 208 g/mol. The molecule has 0 aromatic carbocycles. The van der Waals surface area contributed by atoms with Crippen molar-refractivity contribution in [3.05, 3.63) is 11.9 Å². The first-order valence-corrected chi connectivity index (χ1v) is 6.58. The Labute approximate surface area is 95.8 Å². The minimum absolute atomic E-state index is 0.511. The van der Waals surface area contributed by atoms with Crippen molar-refractivity contribution in [2.45, 2.75) is 26.3 Å². The summed E-state index contributed by atoms with van der Waals surface area (Å²) in [6.45, 7) is 5.34. The highest BCUT2D eigenvalue weighted by molar-refractivity contribution is 7.99. The van der Waals surface area contributed by atoms with E-state index in [1.165, 1.54) is 5.75 Å². The van der Waals surface area contributed by atoms with Gasteiger partial charge in [-0.3, -0.25) is 4.68 Å². The van der Waals surface area contributed by atoms with Gasteiger partial charge in [0.1, 0.15) is 0 Å². The Kier molecular flexibility index (Phi) is 5.71. The molecule has 1 atom stereocenters. The summed E-state index contributed by atoms with van der Waals surface area (Å²) in [7, 11) is 1.90. The molecule has 0 amide bonds. The van der Waals surface area contributed by atoms with Crippen molar-refractivity contribution >= 4 is 11.8 Å². The van der Waals surface area contributed by atoms with E-state index in [0.717, 1.165) is 24.4 Å². The number of nitrogens with zero attached hydrogens (tertiary/aromatic N) is 3. The molecule has 0 aliphatic rings. The number of likely N-dealkylation sites (N-methyl/N-ethyl adjacent to an activating group) is 1. The molecule has 0 aliphatic carbocycles. The van der Waals surface area contributed by atoms with Crippen LogP contribution in [0.4, 0.5) is 0 Å². The molecule has 4 nitrogen and oxygen atoms in total. The normalized spacial score (nSPS) is 13.0. The first-order valence-electron chi connectivity index (χ1n) is 5.42. The van der Waals surface area contributed by atoms with Crippen LogP contribution in [0.2, 0.25) is 0 Å². The maximum atomic E-state index is 4.11. The summed E-state index contributed by atoms with van der Waals surface area (Å²) >= 11 is 1.96. The first kappa shape index (κ1) is 12.5. The summed E-state index contributed by atoms with van der Waals surface area (Å²) < 4.78 is 1.76. The van der Waals surface area contributed by atoms with E-state index in [-0.39, 0.29) is 0 Å². The Morgan fingerprint density at radius 2 is 2.33 bits per heavy atom. The molecule has 1 N–H and O–H groups in total. The average molecular weight is 228 g/mol. The zero-order valence-electron chi connectivity index (χ0n) is 9.73. The Balaban J connectivity index is 2.42. The molecule has 0 saturated carbocycles. The summed E-state index contributed by atoms with van der Waals surface area (Å²) in [5.41, 5.74) is 1.07. The van der Waals surface area contributed by atoms with Crippen molar-refractivity contribution in [2.75, 3.05) is 18.1 Å². The average Bonchev–Trinajstić information content (AvgIpc) is 2.61. The van der Waals surface area contributed by atoms with E-state index >= 15 is 0 Å². The fourth-order valence-electron chi connectivity index (χ4n) is 1.48. The third kappa shape index (κ3) is 4.66. The molecule has 0 aliphatic heterocycles. The summed E-state index contributed by atoms with van der Waals surface area (Å²) in [4.78, 5) is 0. The largest absolute Gasteiger partial charge is 0.313 e. The molecule has 0 saturated heterocycles. The van der Waals surface area contributed by atoms with E-state index < -0.39 is 0 Å². The second-order valence-corrected chi connectivity index (χ2v) is 4.82. The zero-order valence-corrected chi connectivity index (χ0v) is 10.5. The van der Waals surface area contributed by atoms with Crippen LogP contribution in [0.3, 0.4) is 0 Å². The van der Waals surface area contributed by atoms with Crippen molar-refractivity contribution in [3.63, 3.8) is 0 Å². The predicted octanol–water partition coefficient (Wildman–Crippen LogP) is 1.09. The molecule has 0 bridgehead atoms. The van der Waals surface area contributed by atoms with Crippen molar-refractivity contribution in [1.29, 1.82) is 0 Å². The fraction of sp³-hybridized carbons (Fsp3) is 0.800. The van der Waals surface area contributed by atoms with Crippen LogP contribution in [-0.2, 0) is 13.5 Å². The van der Waals surface area contributed by atoms with E-state index in [0.29, 0.717) is 6.04 Å². The Bertz CT molecular complexity index is 274. The zero-order chi connectivity index (χ0) is 11.1. The van der Waals surface area contributed by atoms with E-state index in [1.54, 1.807) is 4.68 Å². The molecule has 1 unspecified atom stereocenters. The molecule has 1 heterocycles. The fourth-order valence-corrected chi connectivity index (χ4v) is 2.24. The highest BCUT2D eigenvalue weighted by Crippen LogP contribution is 2.06. The number of thioether (sulfide) groups is 1. The van der Waals surface area contributed by atoms with Crippen LogP contribution in [0.1, 0.15) is 19.5 Å². The van der Waals surface area contributed by atoms with E-state index in [1.807, 2.05) is 25.0 Å². The maximum Gasteiger partial charge on any atom is 0.0842 e. The van der Waals surface area contributed by atoms with Gasteiger partial charge in [0, 0.05) is 31.5 Å². The summed E-state index contributed by atoms with van der Waals surface area (Å²) in [5, 5.41) is 11.5. The van der Waals surface area contributed by atoms with Gasteiger partial charge in [-0.15, -0.1) is 5.10 Å². The van der Waals surface area contributed by atoms with Crippen LogP contribution in [0.5, 0.6) is 0 Å². The Hall–Kier alpha value is -0.550. The first-order chi connectivity index (χ1) is 7.26. The predicted molar refractivity (Wildman–Crippen MR) is 65.2 cm³/mol. The number of aromatic nitrogens is 3. The number of rotatable bonds is 7. The van der Waals surface area contributed by atoms with Crippen LogP contribution >= 0.6 is 11.8 Å². The Morgan fingerprint density at radius 1 is 1.53 bits per heavy atom. The van der Waals surface area contributed by atoms with Crippen LogP contribution in [-0.4, -0.2) is 39.1 Å². The van der Waals surface area contributed by atoms with E-state index in [4.69, 9.17) is 0 Å². The minimum Gasteiger partial charge on any atom is -0.313 e. The quantitative estimate of drug-likeness (QED) is 0.758. The second-order valence-electron chi connectivity index (χ2n) is 3.50. The number of aryl methyl sites for hydroxylation is 1. The summed E-state index contributed by atoms with van der Waals surface area (Å²) in [5.74, 6) is 2.31. The van der Waals surface area contributed by atoms with Gasteiger partial charge in [0.05, 0.1) is 5.69 Å². The van der Waals surface area contributed by atoms with Gasteiger partial charge in [-0.2, -0.15) is 11.8 Å². The van der Waals surface area contributed by atoms with Crippen LogP contribution in [0.25, 0.3) is 0 Å². The monoisotopic (exact) mass is 228 g/mol. The molecule has 1 aromatic rings. The van der Waals surface area contributed by atoms with Gasteiger partial charge in [-0.05, 0) is 12.3 Å². The Morgan fingerprint density at radius 3 is 2.87 bits per heavy atom. The van der Waals surface area contributed by atoms with Crippen LogP contribution in [0.15, 0.2) is 6.20 Å². The van der Waals surface area contributed by atoms with Gasteiger partial charge in [0.25, 0.3) is 0 Å². The van der Waals surface area contributed by atoms with Crippen molar-refractivity contribution in [3.8, 4) is 0 Å². The van der Waals surface area contributed by atoms with Crippen molar-refractivity contribution < 1.29 is 0 Å². The molecule has 0 radical (unpaired) electrons. The molecular formula is C10H20N4S. The van der Waals surface area contributed by atoms with Gasteiger partial charge in [0.15, 0.2) is 0 Å². The van der Waals surface area contributed by atoms with Crippen molar-refractivity contribution in [2.24, 2.45) is 7.05 Å². The molecule has 1 aromatic heterocycles. The summed E-state index contributed by atoms with van der Waals surface area (Å²) in [6, 6.07) is 0.511. The lowest BCUT2D eigenvalue weighted by Gasteiger charge is -2.15. The maximum absolute atomic E-state index is 4.11. The molecule has 15 heavy (non-hydrogen) atoms. The highest BCUT2D eigenvalue weighted by Gasteiger charge is 2.10. The summed E-state index contributed by atoms with van der Waals surface area (Å²) in [6.07, 6.45) is 2.95. The molecule has 0 spiro atoms. The third-order valence-electron chi connectivity index (χ3n) is 2.12. The van der Waals surface area contributed by atoms with Crippen LogP contribution in [0, 0.1) is 0 Å². The molecule has 86 valence electrons. The van der Waals surface area contributed by atoms with Gasteiger partial charge in [-0.25, -0.2) is 0 Å². The molecule has 0 fully saturated rings. The number of hydrogen-bond acceptors (Lipinski definition) is 4. The SMILES string of the molecule is CCNC(CSCC)Cc1cn(C)nn1. The van der Waals surface area contributed by atoms with Gasteiger partial charge in [-0.1, -0.05) is 19.1 Å². The molecule has 1 rings (SSSR count). The van der Waals surface area contributed by atoms with Gasteiger partial charge < -0.3 is 5.32 Å². The van der Waals surface area contributed by atoms with Crippen LogP contribution < -0.4 is 5.32 Å². The minimum atomic E-state index is 0.511. The second kappa shape index (κ2) is 6.85. The lowest BCUT2D eigenvalue weighted by atomic mass is 10.2. The van der Waals surface area contributed by atoms with E-state index in [2.05, 4.69) is 29.5 Å². The topological polar surface area (TPSA) is 42.7 Å². The van der Waals surface area contributed by atoms with Gasteiger partial charge in [0.2, 0.25) is 0 Å². The highest BCUT2D eigenvalue weighted by atomic mass is 32.2. The lowest BCUT2D eigenvalue weighted by Crippen LogP contribution is -2.33. The third-order valence-corrected chi connectivity index (χ3v) is 3.17. The standard InChI is InChI=1S/C10H20N4S/c1-4-11-10(8-15-5-2)6-9-7-14(3)13-12-9/h7,10-11H,4-6,8H2,1-3H3. The number of nitrogens with one attached hydrogen (secondary N) is 1. The molecule has 5 heteroatoms. The van der Waals surface area contributed by atoms with E-state index in [9.17, 15) is 0 Å². The lowest BCUT2D eigenvalue weighted by molar-refractivity contribution is 0.566.